The molecule has 2 rings (SSSR count). The first-order valence-electron chi connectivity index (χ1n) is 6.34. The van der Waals surface area contributed by atoms with Crippen molar-refractivity contribution in [2.45, 2.75) is 37.6 Å². The van der Waals surface area contributed by atoms with Crippen LogP contribution in [0.25, 0.3) is 0 Å². The lowest BCUT2D eigenvalue weighted by molar-refractivity contribution is 0.363. The number of nitrogens with one attached hydrogen (secondary N) is 1. The van der Waals surface area contributed by atoms with Gasteiger partial charge in [-0.3, -0.25) is 0 Å². The SMILES string of the molecule is CS(=O)(=O)N[C@H]1CC[C@@H](c2ccc(O)cc2O)CC1. The second-order valence-electron chi connectivity index (χ2n) is 5.18. The van der Waals surface area contributed by atoms with Gasteiger partial charge in [0, 0.05) is 12.1 Å². The van der Waals surface area contributed by atoms with Crippen LogP contribution in [0.5, 0.6) is 11.5 Å². The Kier molecular flexibility index (Phi) is 4.01. The number of aromatic hydroxyl groups is 2. The van der Waals surface area contributed by atoms with Crippen LogP contribution in [0, 0.1) is 0 Å². The average molecular weight is 285 g/mol. The van der Waals surface area contributed by atoms with Gasteiger partial charge in [0.15, 0.2) is 0 Å². The Morgan fingerprint density at radius 3 is 2.32 bits per heavy atom. The van der Waals surface area contributed by atoms with Crippen LogP contribution >= 0.6 is 0 Å². The van der Waals surface area contributed by atoms with Crippen molar-refractivity contribution >= 4 is 10.0 Å². The summed E-state index contributed by atoms with van der Waals surface area (Å²) in [6.45, 7) is 0. The zero-order chi connectivity index (χ0) is 14.0. The highest BCUT2D eigenvalue weighted by Crippen LogP contribution is 2.38. The van der Waals surface area contributed by atoms with Crippen molar-refractivity contribution in [1.29, 1.82) is 0 Å². The van der Waals surface area contributed by atoms with E-state index < -0.39 is 10.0 Å². The molecule has 0 amide bonds. The van der Waals surface area contributed by atoms with Crippen molar-refractivity contribution in [1.82, 2.24) is 4.72 Å². The van der Waals surface area contributed by atoms with Crippen molar-refractivity contribution in [2.75, 3.05) is 6.26 Å². The topological polar surface area (TPSA) is 86.6 Å². The summed E-state index contributed by atoms with van der Waals surface area (Å²) in [4.78, 5) is 0. The first kappa shape index (κ1) is 14.1. The largest absolute Gasteiger partial charge is 0.508 e. The third-order valence-electron chi connectivity index (χ3n) is 3.56. The van der Waals surface area contributed by atoms with Crippen LogP contribution in [0.1, 0.15) is 37.2 Å². The molecule has 1 aliphatic rings. The van der Waals surface area contributed by atoms with E-state index in [4.69, 9.17) is 0 Å². The van der Waals surface area contributed by atoms with Gasteiger partial charge in [-0.25, -0.2) is 13.1 Å². The highest BCUT2D eigenvalue weighted by Gasteiger charge is 2.25. The lowest BCUT2D eigenvalue weighted by Gasteiger charge is -2.29. The Hall–Kier alpha value is -1.27. The number of hydrogen-bond donors (Lipinski definition) is 3. The van der Waals surface area contributed by atoms with Crippen molar-refractivity contribution in [3.05, 3.63) is 23.8 Å². The molecule has 0 aliphatic heterocycles. The molecule has 0 radical (unpaired) electrons. The molecular formula is C13H19NO4S. The molecule has 3 N–H and O–H groups in total. The molecule has 0 atom stereocenters. The molecule has 0 unspecified atom stereocenters. The molecule has 0 saturated heterocycles. The van der Waals surface area contributed by atoms with E-state index in [0.717, 1.165) is 31.2 Å². The fourth-order valence-corrected chi connectivity index (χ4v) is 3.54. The Balaban J connectivity index is 2.00. The van der Waals surface area contributed by atoms with Crippen LogP contribution in [0.3, 0.4) is 0 Å². The van der Waals surface area contributed by atoms with E-state index in [0.29, 0.717) is 0 Å². The van der Waals surface area contributed by atoms with Gasteiger partial charge < -0.3 is 10.2 Å². The van der Waals surface area contributed by atoms with Gasteiger partial charge in [0.1, 0.15) is 11.5 Å². The minimum Gasteiger partial charge on any atom is -0.508 e. The molecule has 0 aromatic heterocycles. The summed E-state index contributed by atoms with van der Waals surface area (Å²) in [5.74, 6) is 0.381. The second-order valence-corrected chi connectivity index (χ2v) is 6.96. The molecule has 19 heavy (non-hydrogen) atoms. The first-order valence-corrected chi connectivity index (χ1v) is 8.23. The van der Waals surface area contributed by atoms with E-state index in [1.807, 2.05) is 0 Å². The first-order chi connectivity index (χ1) is 8.85. The maximum atomic E-state index is 11.2. The van der Waals surface area contributed by atoms with Gasteiger partial charge in [-0.1, -0.05) is 6.07 Å². The van der Waals surface area contributed by atoms with Crippen molar-refractivity contribution in [2.24, 2.45) is 0 Å². The van der Waals surface area contributed by atoms with Crippen molar-refractivity contribution < 1.29 is 18.6 Å². The van der Waals surface area contributed by atoms with Crippen LogP contribution in [-0.2, 0) is 10.0 Å². The molecule has 106 valence electrons. The Labute approximate surface area is 113 Å². The Bertz CT molecular complexity index is 548. The lowest BCUT2D eigenvalue weighted by Crippen LogP contribution is -2.36. The van der Waals surface area contributed by atoms with Crippen LogP contribution in [0.2, 0.25) is 0 Å². The molecule has 1 aromatic carbocycles. The van der Waals surface area contributed by atoms with Crippen molar-refractivity contribution in [3.8, 4) is 11.5 Å². The predicted octanol–water partition coefficient (Wildman–Crippen LogP) is 1.67. The van der Waals surface area contributed by atoms with Crippen LogP contribution in [-0.4, -0.2) is 30.9 Å². The van der Waals surface area contributed by atoms with E-state index in [-0.39, 0.29) is 23.5 Å². The molecule has 0 spiro atoms. The molecular weight excluding hydrogens is 266 g/mol. The van der Waals surface area contributed by atoms with Gasteiger partial charge in [-0.05, 0) is 43.2 Å². The van der Waals surface area contributed by atoms with Gasteiger partial charge >= 0.3 is 0 Å². The van der Waals surface area contributed by atoms with Crippen LogP contribution < -0.4 is 4.72 Å². The highest BCUT2D eigenvalue weighted by atomic mass is 32.2. The minimum absolute atomic E-state index is 0.00879. The highest BCUT2D eigenvalue weighted by molar-refractivity contribution is 7.88. The fraction of sp³-hybridized carbons (Fsp3) is 0.538. The number of phenols is 2. The number of rotatable bonds is 3. The van der Waals surface area contributed by atoms with E-state index in [2.05, 4.69) is 4.72 Å². The lowest BCUT2D eigenvalue weighted by atomic mass is 9.81. The Morgan fingerprint density at radius 1 is 1.16 bits per heavy atom. The molecule has 1 aliphatic carbocycles. The van der Waals surface area contributed by atoms with E-state index in [1.165, 1.54) is 12.3 Å². The van der Waals surface area contributed by atoms with Crippen molar-refractivity contribution in [3.63, 3.8) is 0 Å². The fourth-order valence-electron chi connectivity index (χ4n) is 2.70. The van der Waals surface area contributed by atoms with E-state index in [9.17, 15) is 18.6 Å². The molecule has 1 saturated carbocycles. The maximum Gasteiger partial charge on any atom is 0.208 e. The normalized spacial score (nSPS) is 24.3. The maximum absolute atomic E-state index is 11.2. The van der Waals surface area contributed by atoms with E-state index in [1.54, 1.807) is 12.1 Å². The molecule has 1 aromatic rings. The average Bonchev–Trinajstić information content (AvgIpc) is 2.28. The zero-order valence-electron chi connectivity index (χ0n) is 10.8. The summed E-state index contributed by atoms with van der Waals surface area (Å²) in [5, 5.41) is 19.1. The summed E-state index contributed by atoms with van der Waals surface area (Å²) >= 11 is 0. The Morgan fingerprint density at radius 2 is 1.79 bits per heavy atom. The van der Waals surface area contributed by atoms with Gasteiger partial charge in [0.05, 0.1) is 6.26 Å². The number of phenolic OH excluding ortho intramolecular Hbond substituents is 2. The second kappa shape index (κ2) is 5.38. The van der Waals surface area contributed by atoms with Gasteiger partial charge in [-0.2, -0.15) is 0 Å². The molecule has 5 nitrogen and oxygen atoms in total. The number of hydrogen-bond acceptors (Lipinski definition) is 4. The standard InChI is InChI=1S/C13H19NO4S/c1-19(17,18)14-10-4-2-9(3-5-10)12-7-6-11(15)8-13(12)16/h6-10,14-16H,2-5H2,1H3/t9-,10+. The van der Waals surface area contributed by atoms with Crippen LogP contribution in [0.4, 0.5) is 0 Å². The smallest absolute Gasteiger partial charge is 0.208 e. The third kappa shape index (κ3) is 3.84. The molecule has 1 fully saturated rings. The quantitative estimate of drug-likeness (QED) is 0.788. The van der Waals surface area contributed by atoms with Gasteiger partial charge in [-0.15, -0.1) is 0 Å². The molecule has 0 bridgehead atoms. The summed E-state index contributed by atoms with van der Waals surface area (Å²) in [6, 6.07) is 4.64. The monoisotopic (exact) mass is 285 g/mol. The number of benzene rings is 1. The summed E-state index contributed by atoms with van der Waals surface area (Å²) in [5.41, 5.74) is 0.829. The summed E-state index contributed by atoms with van der Waals surface area (Å²) < 4.78 is 25.0. The number of sulfonamides is 1. The third-order valence-corrected chi connectivity index (χ3v) is 4.32. The molecule has 0 heterocycles. The zero-order valence-corrected chi connectivity index (χ0v) is 11.7. The predicted molar refractivity (Wildman–Crippen MR) is 72.7 cm³/mol. The summed E-state index contributed by atoms with van der Waals surface area (Å²) in [6.07, 6.45) is 4.35. The van der Waals surface area contributed by atoms with Gasteiger partial charge in [0.2, 0.25) is 10.0 Å². The molecule has 6 heteroatoms. The van der Waals surface area contributed by atoms with Gasteiger partial charge in [0.25, 0.3) is 0 Å². The summed E-state index contributed by atoms with van der Waals surface area (Å²) in [7, 11) is -3.15. The minimum atomic E-state index is -3.15. The van der Waals surface area contributed by atoms with Crippen LogP contribution in [0.15, 0.2) is 18.2 Å². The van der Waals surface area contributed by atoms with E-state index >= 15 is 0 Å².